The molecule has 1 aromatic carbocycles. The molecule has 0 aromatic heterocycles. The maximum Gasteiger partial charge on any atom is 0.255 e. The molecule has 0 saturated heterocycles. The van der Waals surface area contributed by atoms with Crippen LogP contribution in [0.25, 0.3) is 0 Å². The molecule has 0 saturated carbocycles. The van der Waals surface area contributed by atoms with Gasteiger partial charge in [-0.05, 0) is 12.1 Å². The predicted octanol–water partition coefficient (Wildman–Crippen LogP) is -0.000700. The normalized spacial score (nSPS) is 10.5. The van der Waals surface area contributed by atoms with E-state index < -0.39 is 15.7 Å². The van der Waals surface area contributed by atoms with Crippen LogP contribution in [-0.2, 0) is 14.6 Å². The Bertz CT molecular complexity index is 617. The molecule has 1 amide bonds. The van der Waals surface area contributed by atoms with Crippen molar-refractivity contribution in [3.8, 4) is 18.1 Å². The first-order valence-corrected chi connectivity index (χ1v) is 7.16. The highest BCUT2D eigenvalue weighted by atomic mass is 32.2. The van der Waals surface area contributed by atoms with Crippen LogP contribution in [0.5, 0.6) is 5.75 Å². The van der Waals surface area contributed by atoms with E-state index in [0.717, 1.165) is 6.26 Å². The number of primary amides is 1. The Balaban J connectivity index is 3.11. The number of ether oxygens (including phenoxy) is 1. The fourth-order valence-electron chi connectivity index (χ4n) is 1.29. The Morgan fingerprint density at radius 2 is 2.21 bits per heavy atom. The number of sulfone groups is 1. The fraction of sp³-hybridized carbons (Fsp3) is 0.250. The second-order valence-electron chi connectivity index (χ2n) is 3.74. The first-order chi connectivity index (χ1) is 8.84. The Hall–Kier alpha value is -2.20. The van der Waals surface area contributed by atoms with Gasteiger partial charge < -0.3 is 15.8 Å². The monoisotopic (exact) mass is 282 g/mol. The summed E-state index contributed by atoms with van der Waals surface area (Å²) in [5.41, 5.74) is 5.47. The van der Waals surface area contributed by atoms with E-state index in [4.69, 9.17) is 16.9 Å². The molecule has 6 nitrogen and oxygen atoms in total. The van der Waals surface area contributed by atoms with Gasteiger partial charge in [-0.3, -0.25) is 4.79 Å². The van der Waals surface area contributed by atoms with Crippen molar-refractivity contribution in [1.29, 1.82) is 0 Å². The van der Waals surface area contributed by atoms with Crippen molar-refractivity contribution in [2.24, 2.45) is 5.73 Å². The summed E-state index contributed by atoms with van der Waals surface area (Å²) in [6.07, 6.45) is 6.20. The second-order valence-corrected chi connectivity index (χ2v) is 5.76. The van der Waals surface area contributed by atoms with Crippen molar-refractivity contribution in [3.05, 3.63) is 18.2 Å². The number of rotatable bonds is 6. The summed E-state index contributed by atoms with van der Waals surface area (Å²) < 4.78 is 28.1. The topological polar surface area (TPSA) is 98.5 Å². The van der Waals surface area contributed by atoms with E-state index in [2.05, 4.69) is 11.2 Å². The molecule has 0 atom stereocenters. The molecule has 0 radical (unpaired) electrons. The Morgan fingerprint density at radius 1 is 1.53 bits per heavy atom. The highest BCUT2D eigenvalue weighted by Gasteiger charge is 2.12. The Kier molecular flexibility index (Phi) is 4.78. The van der Waals surface area contributed by atoms with E-state index in [9.17, 15) is 13.2 Å². The number of terminal acetylenes is 1. The number of benzene rings is 1. The third-order valence-corrected chi connectivity index (χ3v) is 3.24. The van der Waals surface area contributed by atoms with Gasteiger partial charge in [-0.1, -0.05) is 5.92 Å². The van der Waals surface area contributed by atoms with Crippen LogP contribution in [0.1, 0.15) is 0 Å². The number of amides is 1. The summed E-state index contributed by atoms with van der Waals surface area (Å²) in [5.74, 6) is 1.92. The molecule has 0 unspecified atom stereocenters. The third kappa shape index (κ3) is 4.52. The third-order valence-electron chi connectivity index (χ3n) is 2.13. The number of nitrogens with one attached hydrogen (secondary N) is 1. The number of carbonyl (C=O) groups is 1. The van der Waals surface area contributed by atoms with Crippen LogP contribution >= 0.6 is 0 Å². The van der Waals surface area contributed by atoms with Gasteiger partial charge in [-0.25, -0.2) is 8.42 Å². The highest BCUT2D eigenvalue weighted by Crippen LogP contribution is 2.27. The number of nitrogens with two attached hydrogens (primary N) is 1. The average molecular weight is 282 g/mol. The molecule has 19 heavy (non-hydrogen) atoms. The SMILES string of the molecule is C#CCNc1ccc(S(C)(=O)=O)cc1OCC(N)=O. The minimum Gasteiger partial charge on any atom is -0.482 e. The van der Waals surface area contributed by atoms with Gasteiger partial charge in [0.05, 0.1) is 17.1 Å². The van der Waals surface area contributed by atoms with Crippen LogP contribution in [0.2, 0.25) is 0 Å². The number of anilines is 1. The van der Waals surface area contributed by atoms with Gasteiger partial charge in [-0.2, -0.15) is 0 Å². The number of carbonyl (C=O) groups excluding carboxylic acids is 1. The molecule has 0 aliphatic carbocycles. The summed E-state index contributed by atoms with van der Waals surface area (Å²) >= 11 is 0. The van der Waals surface area contributed by atoms with Crippen molar-refractivity contribution in [2.45, 2.75) is 4.90 Å². The van der Waals surface area contributed by atoms with Gasteiger partial charge in [-0.15, -0.1) is 6.42 Å². The molecular formula is C12H14N2O4S. The maximum absolute atomic E-state index is 11.4. The fourth-order valence-corrected chi connectivity index (χ4v) is 1.93. The van der Waals surface area contributed by atoms with Gasteiger partial charge in [0.15, 0.2) is 16.4 Å². The van der Waals surface area contributed by atoms with E-state index in [1.165, 1.54) is 18.2 Å². The lowest BCUT2D eigenvalue weighted by Gasteiger charge is -2.12. The van der Waals surface area contributed by atoms with Crippen LogP contribution in [0.4, 0.5) is 5.69 Å². The van der Waals surface area contributed by atoms with Gasteiger partial charge in [0.1, 0.15) is 5.75 Å². The molecule has 1 aromatic rings. The van der Waals surface area contributed by atoms with Crippen LogP contribution in [-0.4, -0.2) is 33.7 Å². The van der Waals surface area contributed by atoms with Crippen molar-refractivity contribution in [3.63, 3.8) is 0 Å². The van der Waals surface area contributed by atoms with E-state index >= 15 is 0 Å². The molecule has 0 bridgehead atoms. The summed E-state index contributed by atoms with van der Waals surface area (Å²) in [4.78, 5) is 10.8. The lowest BCUT2D eigenvalue weighted by atomic mass is 10.3. The number of hydrogen-bond donors (Lipinski definition) is 2. The quantitative estimate of drug-likeness (QED) is 0.716. The molecule has 102 valence electrons. The van der Waals surface area contributed by atoms with Crippen molar-refractivity contribution in [2.75, 3.05) is 24.7 Å². The maximum atomic E-state index is 11.4. The van der Waals surface area contributed by atoms with Crippen LogP contribution in [0, 0.1) is 12.3 Å². The molecule has 7 heteroatoms. The van der Waals surface area contributed by atoms with E-state index in [-0.39, 0.29) is 23.8 Å². The Morgan fingerprint density at radius 3 is 2.74 bits per heavy atom. The van der Waals surface area contributed by atoms with Crippen molar-refractivity contribution in [1.82, 2.24) is 0 Å². The van der Waals surface area contributed by atoms with Crippen molar-refractivity contribution >= 4 is 21.4 Å². The minimum atomic E-state index is -3.37. The van der Waals surface area contributed by atoms with E-state index in [1.54, 1.807) is 0 Å². The largest absolute Gasteiger partial charge is 0.482 e. The van der Waals surface area contributed by atoms with Crippen LogP contribution < -0.4 is 15.8 Å². The standard InChI is InChI=1S/C12H14N2O4S/c1-3-6-14-10-5-4-9(19(2,16)17)7-11(10)18-8-12(13)15/h1,4-5,7,14H,6,8H2,2H3,(H2,13,15). The molecule has 0 heterocycles. The summed E-state index contributed by atoms with van der Waals surface area (Å²) in [6, 6.07) is 4.26. The zero-order valence-corrected chi connectivity index (χ0v) is 11.2. The van der Waals surface area contributed by atoms with Gasteiger partial charge in [0.2, 0.25) is 0 Å². The predicted molar refractivity (Wildman–Crippen MR) is 71.6 cm³/mol. The first-order valence-electron chi connectivity index (χ1n) is 5.27. The second kappa shape index (κ2) is 6.11. The molecule has 0 aliphatic rings. The summed E-state index contributed by atoms with van der Waals surface area (Å²) in [5, 5.41) is 2.86. The van der Waals surface area contributed by atoms with Crippen LogP contribution in [0.15, 0.2) is 23.1 Å². The zero-order chi connectivity index (χ0) is 14.5. The van der Waals surface area contributed by atoms with Crippen LogP contribution in [0.3, 0.4) is 0 Å². The first kappa shape index (κ1) is 14.9. The van der Waals surface area contributed by atoms with E-state index in [0.29, 0.717) is 5.69 Å². The molecule has 0 fully saturated rings. The average Bonchev–Trinajstić information content (AvgIpc) is 2.33. The molecule has 0 aliphatic heterocycles. The summed E-state index contributed by atoms with van der Waals surface area (Å²) in [6.45, 7) is -0.108. The smallest absolute Gasteiger partial charge is 0.255 e. The molecule has 0 spiro atoms. The van der Waals surface area contributed by atoms with Gasteiger partial charge in [0.25, 0.3) is 5.91 Å². The van der Waals surface area contributed by atoms with Gasteiger partial charge >= 0.3 is 0 Å². The summed E-state index contributed by atoms with van der Waals surface area (Å²) in [7, 11) is -3.37. The molecular weight excluding hydrogens is 268 g/mol. The molecule has 3 N–H and O–H groups in total. The lowest BCUT2D eigenvalue weighted by Crippen LogP contribution is -2.20. The van der Waals surface area contributed by atoms with E-state index in [1.807, 2.05) is 0 Å². The van der Waals surface area contributed by atoms with Crippen molar-refractivity contribution < 1.29 is 17.9 Å². The highest BCUT2D eigenvalue weighted by molar-refractivity contribution is 7.90. The lowest BCUT2D eigenvalue weighted by molar-refractivity contribution is -0.119. The Labute approximate surface area is 111 Å². The number of hydrogen-bond acceptors (Lipinski definition) is 5. The molecule has 1 rings (SSSR count). The van der Waals surface area contributed by atoms with Gasteiger partial charge in [0, 0.05) is 12.3 Å². The minimum absolute atomic E-state index is 0.0817. The zero-order valence-electron chi connectivity index (χ0n) is 10.3.